The molecule has 0 amide bonds. The van der Waals surface area contributed by atoms with Gasteiger partial charge in [-0.15, -0.1) is 0 Å². The molecule has 0 spiro atoms. The van der Waals surface area contributed by atoms with Crippen LogP contribution in [0.3, 0.4) is 0 Å². The van der Waals surface area contributed by atoms with Crippen molar-refractivity contribution in [2.24, 2.45) is 4.99 Å². The van der Waals surface area contributed by atoms with E-state index in [2.05, 4.69) is 23.2 Å². The zero-order valence-corrected chi connectivity index (χ0v) is 7.80. The maximum absolute atomic E-state index is 4.07. The van der Waals surface area contributed by atoms with Crippen molar-refractivity contribution in [1.82, 2.24) is 0 Å². The highest BCUT2D eigenvalue weighted by Crippen LogP contribution is 2.15. The van der Waals surface area contributed by atoms with Crippen LogP contribution in [0.15, 0.2) is 65.8 Å². The molecule has 68 valence electrons. The Morgan fingerprint density at radius 2 is 1.79 bits per heavy atom. The minimum absolute atomic E-state index is 1.18. The molecule has 0 N–H and O–H groups in total. The number of hydrogen-bond donors (Lipinski definition) is 0. The molecule has 2 rings (SSSR count). The molecule has 0 atom stereocenters. The second-order valence-electron chi connectivity index (χ2n) is 2.99. The van der Waals surface area contributed by atoms with Crippen molar-refractivity contribution in [1.29, 1.82) is 0 Å². The average Bonchev–Trinajstić information content (AvgIpc) is 2.18. The van der Waals surface area contributed by atoms with E-state index in [-0.39, 0.29) is 0 Å². The molecular weight excluding hydrogens is 170 g/mol. The number of aliphatic imine (C=N–C) groups is 1. The molecule has 0 aliphatic carbocycles. The molecule has 1 aliphatic heterocycles. The van der Waals surface area contributed by atoms with Gasteiger partial charge >= 0.3 is 0 Å². The van der Waals surface area contributed by atoms with E-state index >= 15 is 0 Å². The summed E-state index contributed by atoms with van der Waals surface area (Å²) in [5.41, 5.74) is 2.39. The smallest absolute Gasteiger partial charge is 0.0273 e. The lowest BCUT2D eigenvalue weighted by Gasteiger charge is -2.00. The normalized spacial score (nSPS) is 14.7. The topological polar surface area (TPSA) is 12.4 Å². The van der Waals surface area contributed by atoms with Crippen LogP contribution in [-0.2, 0) is 0 Å². The molecule has 0 aromatic heterocycles. The first kappa shape index (κ1) is 8.70. The van der Waals surface area contributed by atoms with E-state index in [4.69, 9.17) is 0 Å². The second kappa shape index (κ2) is 4.38. The lowest BCUT2D eigenvalue weighted by Crippen LogP contribution is -1.81. The summed E-state index contributed by atoms with van der Waals surface area (Å²) in [5, 5.41) is 0. The third-order valence-electron chi connectivity index (χ3n) is 2.01. The SMILES string of the molecule is C1=CN=CC=C(c2ccccc2)C=C1. The van der Waals surface area contributed by atoms with Gasteiger partial charge in [0.05, 0.1) is 0 Å². The fourth-order valence-corrected chi connectivity index (χ4v) is 1.31. The Hall–Kier alpha value is -1.89. The van der Waals surface area contributed by atoms with Crippen LogP contribution < -0.4 is 0 Å². The quantitative estimate of drug-likeness (QED) is 0.630. The molecule has 1 aromatic rings. The van der Waals surface area contributed by atoms with Gasteiger partial charge in [0.1, 0.15) is 0 Å². The van der Waals surface area contributed by atoms with Crippen LogP contribution >= 0.6 is 0 Å². The molecule has 1 heterocycles. The first-order valence-corrected chi connectivity index (χ1v) is 4.59. The largest absolute Gasteiger partial charge is 0.265 e. The first-order chi connectivity index (χ1) is 6.97. The molecule has 1 heteroatoms. The van der Waals surface area contributed by atoms with Gasteiger partial charge in [-0.2, -0.15) is 0 Å². The van der Waals surface area contributed by atoms with Gasteiger partial charge in [0, 0.05) is 12.4 Å². The summed E-state index contributed by atoms with van der Waals surface area (Å²) in [6, 6.07) is 10.3. The second-order valence-corrected chi connectivity index (χ2v) is 2.99. The Morgan fingerprint density at radius 3 is 2.64 bits per heavy atom. The molecule has 14 heavy (non-hydrogen) atoms. The van der Waals surface area contributed by atoms with Crippen LogP contribution in [0.5, 0.6) is 0 Å². The van der Waals surface area contributed by atoms with E-state index < -0.39 is 0 Å². The Labute approximate surface area is 83.8 Å². The lowest BCUT2D eigenvalue weighted by molar-refractivity contribution is 1.57. The van der Waals surface area contributed by atoms with Crippen molar-refractivity contribution >= 4 is 11.8 Å². The highest BCUT2D eigenvalue weighted by Gasteiger charge is 1.94. The summed E-state index contributed by atoms with van der Waals surface area (Å²) in [6.45, 7) is 0. The van der Waals surface area contributed by atoms with Crippen molar-refractivity contribution in [3.8, 4) is 0 Å². The molecule has 0 unspecified atom stereocenters. The van der Waals surface area contributed by atoms with Gasteiger partial charge in [0.25, 0.3) is 0 Å². The molecule has 1 nitrogen and oxygen atoms in total. The highest BCUT2D eigenvalue weighted by molar-refractivity contribution is 5.89. The molecule has 1 aromatic carbocycles. The van der Waals surface area contributed by atoms with Crippen molar-refractivity contribution in [3.63, 3.8) is 0 Å². The highest BCUT2D eigenvalue weighted by atomic mass is 14.7. The molecule has 0 radical (unpaired) electrons. The van der Waals surface area contributed by atoms with Crippen LogP contribution in [0.4, 0.5) is 0 Å². The molecular formula is C13H11N. The minimum atomic E-state index is 1.18. The van der Waals surface area contributed by atoms with Gasteiger partial charge in [0.15, 0.2) is 0 Å². The van der Waals surface area contributed by atoms with Crippen molar-refractivity contribution in [2.45, 2.75) is 0 Å². The average molecular weight is 181 g/mol. The van der Waals surface area contributed by atoms with Crippen LogP contribution in [-0.4, -0.2) is 6.21 Å². The number of rotatable bonds is 1. The first-order valence-electron chi connectivity index (χ1n) is 4.59. The predicted octanol–water partition coefficient (Wildman–Crippen LogP) is 3.22. The summed E-state index contributed by atoms with van der Waals surface area (Å²) >= 11 is 0. The van der Waals surface area contributed by atoms with E-state index in [1.165, 1.54) is 11.1 Å². The van der Waals surface area contributed by atoms with Gasteiger partial charge < -0.3 is 0 Å². The Morgan fingerprint density at radius 1 is 0.929 bits per heavy atom. The summed E-state index contributed by atoms with van der Waals surface area (Å²) in [5.74, 6) is 0. The zero-order valence-electron chi connectivity index (χ0n) is 7.80. The predicted molar refractivity (Wildman–Crippen MR) is 61.2 cm³/mol. The summed E-state index contributed by atoms with van der Waals surface area (Å²) in [4.78, 5) is 4.07. The maximum atomic E-state index is 4.07. The number of nitrogens with zero attached hydrogens (tertiary/aromatic N) is 1. The Kier molecular flexibility index (Phi) is 2.72. The third kappa shape index (κ3) is 2.07. The Balaban J connectivity index is 2.35. The monoisotopic (exact) mass is 181 g/mol. The summed E-state index contributed by atoms with van der Waals surface area (Å²) < 4.78 is 0. The molecule has 1 aliphatic rings. The van der Waals surface area contributed by atoms with Crippen LogP contribution in [0, 0.1) is 0 Å². The molecule has 0 saturated heterocycles. The molecule has 0 fully saturated rings. The fraction of sp³-hybridized carbons (Fsp3) is 0. The van der Waals surface area contributed by atoms with Gasteiger partial charge in [-0.1, -0.05) is 42.5 Å². The standard InChI is InChI=1S/C13H11N/c1-2-6-12(7-3-1)13-8-4-5-10-14-11-9-13/h1-11H. The molecule has 0 bridgehead atoms. The lowest BCUT2D eigenvalue weighted by atomic mass is 10.1. The van der Waals surface area contributed by atoms with E-state index in [9.17, 15) is 0 Å². The van der Waals surface area contributed by atoms with Gasteiger partial charge in [0.2, 0.25) is 0 Å². The number of benzene rings is 1. The fourth-order valence-electron chi connectivity index (χ4n) is 1.31. The van der Waals surface area contributed by atoms with Crippen LogP contribution in [0.25, 0.3) is 5.57 Å². The Bertz CT molecular complexity index is 408. The van der Waals surface area contributed by atoms with Crippen molar-refractivity contribution < 1.29 is 0 Å². The van der Waals surface area contributed by atoms with E-state index in [0.29, 0.717) is 0 Å². The van der Waals surface area contributed by atoms with Crippen LogP contribution in [0.2, 0.25) is 0 Å². The zero-order chi connectivity index (χ0) is 9.64. The maximum Gasteiger partial charge on any atom is 0.0273 e. The van der Waals surface area contributed by atoms with Crippen LogP contribution in [0.1, 0.15) is 5.56 Å². The minimum Gasteiger partial charge on any atom is -0.265 e. The summed E-state index contributed by atoms with van der Waals surface area (Å²) in [6.07, 6.45) is 11.6. The van der Waals surface area contributed by atoms with E-state index in [1.54, 1.807) is 6.20 Å². The van der Waals surface area contributed by atoms with E-state index in [1.807, 2.05) is 42.6 Å². The third-order valence-corrected chi connectivity index (χ3v) is 2.01. The van der Waals surface area contributed by atoms with Crippen molar-refractivity contribution in [2.75, 3.05) is 0 Å². The van der Waals surface area contributed by atoms with Crippen molar-refractivity contribution in [3.05, 3.63) is 66.4 Å². The van der Waals surface area contributed by atoms with Gasteiger partial charge in [-0.05, 0) is 23.3 Å². The van der Waals surface area contributed by atoms with Gasteiger partial charge in [-0.3, -0.25) is 4.99 Å². The number of hydrogen-bond acceptors (Lipinski definition) is 1. The van der Waals surface area contributed by atoms with E-state index in [0.717, 1.165) is 0 Å². The van der Waals surface area contributed by atoms with Gasteiger partial charge in [-0.25, -0.2) is 0 Å². The summed E-state index contributed by atoms with van der Waals surface area (Å²) in [7, 11) is 0. The molecule has 0 saturated carbocycles. The number of allylic oxidation sites excluding steroid dienone is 5.